The molecule has 0 heterocycles. The molecule has 0 unspecified atom stereocenters. The van der Waals surface area contributed by atoms with Crippen molar-refractivity contribution in [3.8, 4) is 0 Å². The monoisotopic (exact) mass is 365 g/mol. The van der Waals surface area contributed by atoms with E-state index in [-0.39, 0.29) is 17.8 Å². The van der Waals surface area contributed by atoms with E-state index in [1.165, 1.54) is 0 Å². The lowest BCUT2D eigenvalue weighted by Gasteiger charge is -2.30. The second kappa shape index (κ2) is 8.49. The zero-order valence-electron chi connectivity index (χ0n) is 16.1. The van der Waals surface area contributed by atoms with Crippen molar-refractivity contribution >= 4 is 11.8 Å². The summed E-state index contributed by atoms with van der Waals surface area (Å²) in [6, 6.07) is 19.9. The average Bonchev–Trinajstić information content (AvgIpc) is 3.50. The number of hydrogen-bond acceptors (Lipinski definition) is 4. The van der Waals surface area contributed by atoms with E-state index < -0.39 is 5.41 Å². The van der Waals surface area contributed by atoms with Crippen LogP contribution in [0.25, 0.3) is 0 Å². The van der Waals surface area contributed by atoms with Crippen molar-refractivity contribution < 1.29 is 14.3 Å². The number of Topliss-reactive ketones (excluding diaryl/α,β-unsaturated/α-hetero) is 1. The Bertz CT molecular complexity index is 727. The predicted molar refractivity (Wildman–Crippen MR) is 105 cm³/mol. The fourth-order valence-electron chi connectivity index (χ4n) is 3.48. The third-order valence-electron chi connectivity index (χ3n) is 5.27. The average molecular weight is 365 g/mol. The lowest BCUT2D eigenvalue weighted by molar-refractivity contribution is -0.155. The molecule has 2 aromatic rings. The van der Waals surface area contributed by atoms with Gasteiger partial charge in [-0.15, -0.1) is 0 Å². The quantitative estimate of drug-likeness (QED) is 0.498. The highest BCUT2D eigenvalue weighted by molar-refractivity contribution is 6.08. The van der Waals surface area contributed by atoms with Crippen molar-refractivity contribution in [2.45, 2.75) is 45.8 Å². The molecule has 1 aliphatic carbocycles. The van der Waals surface area contributed by atoms with Gasteiger partial charge in [-0.25, -0.2) is 0 Å². The third kappa shape index (κ3) is 4.45. The predicted octanol–water partition coefficient (Wildman–Crippen LogP) is 3.99. The van der Waals surface area contributed by atoms with Gasteiger partial charge >= 0.3 is 5.97 Å². The lowest BCUT2D eigenvalue weighted by Crippen LogP contribution is -2.44. The maximum Gasteiger partial charge on any atom is 0.319 e. The lowest BCUT2D eigenvalue weighted by atomic mass is 9.94. The van der Waals surface area contributed by atoms with Crippen LogP contribution in [0.3, 0.4) is 0 Å². The minimum Gasteiger partial charge on any atom is -0.465 e. The maximum atomic E-state index is 13.2. The van der Waals surface area contributed by atoms with E-state index in [1.807, 2.05) is 43.3 Å². The SMILES string of the molecule is CCOC(=O)C1(C(=O)[C@H](C)N(Cc2ccccc2)Cc2ccccc2)CC1. The van der Waals surface area contributed by atoms with Gasteiger partial charge in [0.15, 0.2) is 5.78 Å². The first kappa shape index (κ1) is 19.3. The Labute approximate surface area is 161 Å². The van der Waals surface area contributed by atoms with Gasteiger partial charge in [-0.05, 0) is 37.8 Å². The Morgan fingerprint density at radius 3 is 1.85 bits per heavy atom. The minimum atomic E-state index is -0.930. The van der Waals surface area contributed by atoms with Gasteiger partial charge in [0.2, 0.25) is 0 Å². The summed E-state index contributed by atoms with van der Waals surface area (Å²) in [4.78, 5) is 27.7. The summed E-state index contributed by atoms with van der Waals surface area (Å²) < 4.78 is 5.18. The van der Waals surface area contributed by atoms with Gasteiger partial charge < -0.3 is 4.74 Å². The summed E-state index contributed by atoms with van der Waals surface area (Å²) in [5, 5.41) is 0. The van der Waals surface area contributed by atoms with E-state index >= 15 is 0 Å². The number of nitrogens with zero attached hydrogens (tertiary/aromatic N) is 1. The van der Waals surface area contributed by atoms with E-state index in [4.69, 9.17) is 4.74 Å². The summed E-state index contributed by atoms with van der Waals surface area (Å²) in [6.45, 7) is 5.30. The Morgan fingerprint density at radius 1 is 0.963 bits per heavy atom. The molecule has 4 heteroatoms. The summed E-state index contributed by atoms with van der Waals surface area (Å²) in [5.74, 6) is -0.381. The maximum absolute atomic E-state index is 13.2. The van der Waals surface area contributed by atoms with Crippen LogP contribution in [0, 0.1) is 5.41 Å². The highest BCUT2D eigenvalue weighted by atomic mass is 16.5. The van der Waals surface area contributed by atoms with Crippen molar-refractivity contribution in [2.24, 2.45) is 5.41 Å². The van der Waals surface area contributed by atoms with E-state index in [2.05, 4.69) is 29.2 Å². The smallest absolute Gasteiger partial charge is 0.319 e. The Balaban J connectivity index is 1.80. The molecular weight excluding hydrogens is 338 g/mol. The first-order valence-corrected chi connectivity index (χ1v) is 9.60. The van der Waals surface area contributed by atoms with Gasteiger partial charge in [0, 0.05) is 13.1 Å². The molecule has 0 aliphatic heterocycles. The standard InChI is InChI=1S/C23H27NO3/c1-3-27-22(26)23(14-15-23)21(25)18(2)24(16-19-10-6-4-7-11-19)17-20-12-8-5-9-13-20/h4-13,18H,3,14-17H2,1-2H3/t18-/m0/s1. The van der Waals surface area contributed by atoms with Crippen molar-refractivity contribution in [1.29, 1.82) is 0 Å². The van der Waals surface area contributed by atoms with Crippen LogP contribution in [0.5, 0.6) is 0 Å². The van der Waals surface area contributed by atoms with Crippen LogP contribution in [0.1, 0.15) is 37.8 Å². The molecule has 0 aromatic heterocycles. The zero-order valence-corrected chi connectivity index (χ0v) is 16.1. The van der Waals surface area contributed by atoms with Crippen molar-refractivity contribution in [1.82, 2.24) is 4.90 Å². The molecule has 4 nitrogen and oxygen atoms in total. The molecule has 3 rings (SSSR count). The van der Waals surface area contributed by atoms with Gasteiger partial charge in [-0.2, -0.15) is 0 Å². The molecule has 1 aliphatic rings. The minimum absolute atomic E-state index is 0.0205. The van der Waals surface area contributed by atoms with Crippen molar-refractivity contribution in [3.05, 3.63) is 71.8 Å². The molecule has 1 saturated carbocycles. The molecule has 142 valence electrons. The molecule has 0 spiro atoms. The number of benzene rings is 2. The fraction of sp³-hybridized carbons (Fsp3) is 0.391. The van der Waals surface area contributed by atoms with E-state index in [0.717, 1.165) is 11.1 Å². The molecule has 1 atom stereocenters. The van der Waals surface area contributed by atoms with E-state index in [0.29, 0.717) is 32.5 Å². The van der Waals surface area contributed by atoms with Gasteiger partial charge in [-0.3, -0.25) is 14.5 Å². The largest absolute Gasteiger partial charge is 0.465 e. The molecule has 0 radical (unpaired) electrons. The second-order valence-corrected chi connectivity index (χ2v) is 7.22. The molecule has 2 aromatic carbocycles. The van der Waals surface area contributed by atoms with Crippen molar-refractivity contribution in [2.75, 3.05) is 6.61 Å². The first-order valence-electron chi connectivity index (χ1n) is 9.60. The molecule has 0 N–H and O–H groups in total. The van der Waals surface area contributed by atoms with Crippen molar-refractivity contribution in [3.63, 3.8) is 0 Å². The van der Waals surface area contributed by atoms with E-state index in [9.17, 15) is 9.59 Å². The number of rotatable bonds is 9. The summed E-state index contributed by atoms with van der Waals surface area (Å²) >= 11 is 0. The van der Waals surface area contributed by atoms with Crippen LogP contribution >= 0.6 is 0 Å². The number of ether oxygens (including phenoxy) is 1. The van der Waals surface area contributed by atoms with Crippen LogP contribution in [0.4, 0.5) is 0 Å². The fourth-order valence-corrected chi connectivity index (χ4v) is 3.48. The highest BCUT2D eigenvalue weighted by Crippen LogP contribution is 2.49. The molecule has 0 saturated heterocycles. The second-order valence-electron chi connectivity index (χ2n) is 7.22. The van der Waals surface area contributed by atoms with Crippen LogP contribution < -0.4 is 0 Å². The number of carbonyl (C=O) groups excluding carboxylic acids is 2. The zero-order chi connectivity index (χ0) is 19.3. The molecular formula is C23H27NO3. The Morgan fingerprint density at radius 2 is 1.44 bits per heavy atom. The normalized spacial score (nSPS) is 16.0. The number of esters is 1. The molecule has 27 heavy (non-hydrogen) atoms. The van der Waals surface area contributed by atoms with Crippen LogP contribution in [-0.4, -0.2) is 29.3 Å². The number of carbonyl (C=O) groups is 2. The summed E-state index contributed by atoms with van der Waals surface area (Å²) in [5.41, 5.74) is 1.37. The summed E-state index contributed by atoms with van der Waals surface area (Å²) in [7, 11) is 0. The van der Waals surface area contributed by atoms with E-state index in [1.54, 1.807) is 6.92 Å². The van der Waals surface area contributed by atoms with Gasteiger partial charge in [0.25, 0.3) is 0 Å². The van der Waals surface area contributed by atoms with Gasteiger partial charge in [0.1, 0.15) is 5.41 Å². The number of ketones is 1. The first-order chi connectivity index (χ1) is 13.1. The third-order valence-corrected chi connectivity index (χ3v) is 5.27. The molecule has 1 fully saturated rings. The van der Waals surface area contributed by atoms with Crippen LogP contribution in [0.2, 0.25) is 0 Å². The van der Waals surface area contributed by atoms with Crippen LogP contribution in [-0.2, 0) is 27.4 Å². The topological polar surface area (TPSA) is 46.6 Å². The molecule has 0 bridgehead atoms. The van der Waals surface area contributed by atoms with Crippen LogP contribution in [0.15, 0.2) is 60.7 Å². The van der Waals surface area contributed by atoms with Gasteiger partial charge in [-0.1, -0.05) is 60.7 Å². The molecule has 0 amide bonds. The summed E-state index contributed by atoms with van der Waals surface area (Å²) in [6.07, 6.45) is 1.19. The Hall–Kier alpha value is -2.46. The van der Waals surface area contributed by atoms with Gasteiger partial charge in [0.05, 0.1) is 12.6 Å². The Kier molecular flexibility index (Phi) is 6.07. The highest BCUT2D eigenvalue weighted by Gasteiger charge is 2.59. The number of hydrogen-bond donors (Lipinski definition) is 0.